The van der Waals surface area contributed by atoms with Gasteiger partial charge in [0, 0.05) is 25.5 Å². The quantitative estimate of drug-likeness (QED) is 0.794. The second-order valence-electron chi connectivity index (χ2n) is 5.87. The molecule has 0 radical (unpaired) electrons. The van der Waals surface area contributed by atoms with E-state index in [4.69, 9.17) is 0 Å². The fraction of sp³-hybridized carbons (Fsp3) is 0.375. The van der Waals surface area contributed by atoms with Gasteiger partial charge in [-0.25, -0.2) is 14.8 Å². The molecule has 2 aromatic rings. The summed E-state index contributed by atoms with van der Waals surface area (Å²) in [6.45, 7) is 2.84. The zero-order valence-electron chi connectivity index (χ0n) is 13.1. The molecule has 122 valence electrons. The topological polar surface area (TPSA) is 73.1 Å². The molecule has 0 saturated carbocycles. The highest BCUT2D eigenvalue weighted by Gasteiger charge is 2.35. The number of hydrogen-bond donors (Lipinski definition) is 3. The number of carbonyl (C=O) groups is 1. The number of nitrogens with zero attached hydrogens (tertiary/aromatic N) is 2. The molecule has 1 fully saturated rings. The summed E-state index contributed by atoms with van der Waals surface area (Å²) in [7, 11) is 1.75. The molecule has 2 heterocycles. The van der Waals surface area contributed by atoms with E-state index >= 15 is 0 Å². The summed E-state index contributed by atoms with van der Waals surface area (Å²) in [5.41, 5.74) is 7.79. The van der Waals surface area contributed by atoms with Crippen molar-refractivity contribution in [2.45, 2.75) is 19.5 Å². The first-order valence-electron chi connectivity index (χ1n) is 7.54. The monoisotopic (exact) mass is 317 g/mol. The van der Waals surface area contributed by atoms with Crippen LogP contribution in [0.3, 0.4) is 0 Å². The number of halogens is 1. The Kier molecular flexibility index (Phi) is 4.40. The van der Waals surface area contributed by atoms with Gasteiger partial charge in [0.25, 0.3) is 0 Å². The number of hydrogen-bond acceptors (Lipinski definition) is 4. The van der Waals surface area contributed by atoms with Crippen molar-refractivity contribution in [2.24, 2.45) is 5.92 Å². The first-order valence-corrected chi connectivity index (χ1v) is 7.54. The minimum atomic E-state index is -0.304. The summed E-state index contributed by atoms with van der Waals surface area (Å²) in [4.78, 5) is 21.7. The van der Waals surface area contributed by atoms with E-state index in [1.54, 1.807) is 24.2 Å². The summed E-state index contributed by atoms with van der Waals surface area (Å²) >= 11 is 0. The average molecular weight is 317 g/mol. The largest absolute Gasteiger partial charge is 0.345 e. The van der Waals surface area contributed by atoms with Crippen LogP contribution in [-0.4, -0.2) is 34.4 Å². The SMILES string of the molecule is Cc1cnc(CN(C)C(=O)C2CNNC2c2cccc(F)c2)[nH]1. The Labute approximate surface area is 134 Å². The van der Waals surface area contributed by atoms with Crippen molar-refractivity contribution in [3.05, 3.63) is 53.4 Å². The maximum Gasteiger partial charge on any atom is 0.229 e. The van der Waals surface area contributed by atoms with Crippen LogP contribution >= 0.6 is 0 Å². The van der Waals surface area contributed by atoms with Crippen molar-refractivity contribution >= 4 is 5.91 Å². The zero-order valence-corrected chi connectivity index (χ0v) is 13.1. The van der Waals surface area contributed by atoms with E-state index in [0.717, 1.165) is 17.1 Å². The highest BCUT2D eigenvalue weighted by molar-refractivity contribution is 5.80. The minimum absolute atomic E-state index is 0.00851. The number of rotatable bonds is 4. The molecule has 1 amide bonds. The number of amides is 1. The number of carbonyl (C=O) groups excluding carboxylic acids is 1. The van der Waals surface area contributed by atoms with E-state index in [1.165, 1.54) is 12.1 Å². The smallest absolute Gasteiger partial charge is 0.229 e. The predicted octanol–water partition coefficient (Wildman–Crippen LogP) is 1.28. The Bertz CT molecular complexity index is 701. The minimum Gasteiger partial charge on any atom is -0.345 e. The Morgan fingerprint density at radius 3 is 3.00 bits per heavy atom. The predicted molar refractivity (Wildman–Crippen MR) is 83.6 cm³/mol. The number of aromatic nitrogens is 2. The summed E-state index contributed by atoms with van der Waals surface area (Å²) < 4.78 is 13.4. The van der Waals surface area contributed by atoms with Crippen molar-refractivity contribution in [3.8, 4) is 0 Å². The van der Waals surface area contributed by atoms with Crippen LogP contribution in [0.1, 0.15) is 23.1 Å². The van der Waals surface area contributed by atoms with Gasteiger partial charge < -0.3 is 9.88 Å². The van der Waals surface area contributed by atoms with Crippen LogP contribution in [0, 0.1) is 18.7 Å². The van der Waals surface area contributed by atoms with Crippen molar-refractivity contribution < 1.29 is 9.18 Å². The van der Waals surface area contributed by atoms with Crippen LogP contribution in [0.5, 0.6) is 0 Å². The van der Waals surface area contributed by atoms with Crippen molar-refractivity contribution in [1.82, 2.24) is 25.7 Å². The lowest BCUT2D eigenvalue weighted by Gasteiger charge is -2.24. The molecule has 6 nitrogen and oxygen atoms in total. The van der Waals surface area contributed by atoms with E-state index in [-0.39, 0.29) is 23.7 Å². The molecule has 0 bridgehead atoms. The van der Waals surface area contributed by atoms with E-state index in [0.29, 0.717) is 13.1 Å². The molecule has 1 saturated heterocycles. The van der Waals surface area contributed by atoms with Gasteiger partial charge in [-0.2, -0.15) is 0 Å². The van der Waals surface area contributed by atoms with Gasteiger partial charge in [-0.15, -0.1) is 0 Å². The maximum atomic E-state index is 13.4. The number of aromatic amines is 1. The van der Waals surface area contributed by atoms with Crippen LogP contribution < -0.4 is 10.9 Å². The molecule has 2 unspecified atom stereocenters. The van der Waals surface area contributed by atoms with Crippen molar-refractivity contribution in [3.63, 3.8) is 0 Å². The van der Waals surface area contributed by atoms with Gasteiger partial charge in [0.05, 0.1) is 18.5 Å². The average Bonchev–Trinajstić information content (AvgIpc) is 3.15. The summed E-state index contributed by atoms with van der Waals surface area (Å²) in [5.74, 6) is 0.144. The summed E-state index contributed by atoms with van der Waals surface area (Å²) in [6.07, 6.45) is 1.74. The molecule has 1 aliphatic rings. The summed E-state index contributed by atoms with van der Waals surface area (Å²) in [5, 5.41) is 0. The van der Waals surface area contributed by atoms with Crippen molar-refractivity contribution in [1.29, 1.82) is 0 Å². The maximum absolute atomic E-state index is 13.4. The lowest BCUT2D eigenvalue weighted by molar-refractivity contribution is -0.134. The summed E-state index contributed by atoms with van der Waals surface area (Å²) in [6, 6.07) is 6.08. The molecule has 0 spiro atoms. The molecular formula is C16H20FN5O. The molecule has 3 rings (SSSR count). The number of hydrazine groups is 1. The molecule has 1 aromatic heterocycles. The highest BCUT2D eigenvalue weighted by Crippen LogP contribution is 2.27. The van der Waals surface area contributed by atoms with Gasteiger partial charge in [0.15, 0.2) is 0 Å². The molecule has 7 heteroatoms. The Hall–Kier alpha value is -2.25. The number of H-pyrrole nitrogens is 1. The first-order chi connectivity index (χ1) is 11.0. The van der Waals surface area contributed by atoms with Gasteiger partial charge in [-0.05, 0) is 24.6 Å². The van der Waals surface area contributed by atoms with Crippen LogP contribution in [0.25, 0.3) is 0 Å². The standard InChI is InChI=1S/C16H20FN5O/c1-10-7-18-14(20-10)9-22(2)16(23)13-8-19-21-15(13)11-4-3-5-12(17)6-11/h3-7,13,15,19,21H,8-9H2,1-2H3,(H,18,20). The molecule has 1 aromatic carbocycles. The van der Waals surface area contributed by atoms with Gasteiger partial charge in [-0.1, -0.05) is 12.1 Å². The number of benzene rings is 1. The van der Waals surface area contributed by atoms with Crippen molar-refractivity contribution in [2.75, 3.05) is 13.6 Å². The van der Waals surface area contributed by atoms with E-state index < -0.39 is 0 Å². The first kappa shape index (κ1) is 15.6. The van der Waals surface area contributed by atoms with Gasteiger partial charge >= 0.3 is 0 Å². The fourth-order valence-corrected chi connectivity index (χ4v) is 2.88. The van der Waals surface area contributed by atoms with Gasteiger partial charge in [-0.3, -0.25) is 10.2 Å². The lowest BCUT2D eigenvalue weighted by atomic mass is 9.93. The second kappa shape index (κ2) is 6.47. The van der Waals surface area contributed by atoms with Gasteiger partial charge in [0.1, 0.15) is 11.6 Å². The van der Waals surface area contributed by atoms with Crippen LogP contribution in [0.2, 0.25) is 0 Å². The number of imidazole rings is 1. The Morgan fingerprint density at radius 1 is 1.48 bits per heavy atom. The lowest BCUT2D eigenvalue weighted by Crippen LogP contribution is -2.36. The molecule has 1 aliphatic heterocycles. The van der Waals surface area contributed by atoms with E-state index in [9.17, 15) is 9.18 Å². The fourth-order valence-electron chi connectivity index (χ4n) is 2.88. The molecule has 0 aliphatic carbocycles. The van der Waals surface area contributed by atoms with Crippen LogP contribution in [0.15, 0.2) is 30.5 Å². The van der Waals surface area contributed by atoms with Crippen LogP contribution in [-0.2, 0) is 11.3 Å². The normalized spacial score (nSPS) is 20.7. The molecule has 3 N–H and O–H groups in total. The molecule has 2 atom stereocenters. The third kappa shape index (κ3) is 3.40. The Morgan fingerprint density at radius 2 is 2.30 bits per heavy atom. The Balaban J connectivity index is 1.72. The number of aryl methyl sites for hydroxylation is 1. The van der Waals surface area contributed by atoms with Gasteiger partial charge in [0.2, 0.25) is 5.91 Å². The van der Waals surface area contributed by atoms with Crippen LogP contribution in [0.4, 0.5) is 4.39 Å². The highest BCUT2D eigenvalue weighted by atomic mass is 19.1. The number of nitrogens with one attached hydrogen (secondary N) is 3. The second-order valence-corrected chi connectivity index (χ2v) is 5.87. The third-order valence-electron chi connectivity index (χ3n) is 4.03. The zero-order chi connectivity index (χ0) is 16.4. The van der Waals surface area contributed by atoms with E-state index in [1.807, 2.05) is 13.0 Å². The third-order valence-corrected chi connectivity index (χ3v) is 4.03. The molecule has 23 heavy (non-hydrogen) atoms. The van der Waals surface area contributed by atoms with E-state index in [2.05, 4.69) is 20.8 Å². The molecular weight excluding hydrogens is 297 g/mol.